The van der Waals surface area contributed by atoms with E-state index in [1.54, 1.807) is 22.3 Å². The Balaban J connectivity index is 1.66. The Morgan fingerprint density at radius 1 is 1.16 bits per heavy atom. The molecule has 0 spiro atoms. The molecular formula is C13H11BrN4S. The number of anilines is 1. The Labute approximate surface area is 123 Å². The molecule has 0 unspecified atom stereocenters. The number of thiophene rings is 1. The molecule has 0 aliphatic carbocycles. The highest BCUT2D eigenvalue weighted by Gasteiger charge is 1.99. The zero-order chi connectivity index (χ0) is 13.1. The van der Waals surface area contributed by atoms with Crippen molar-refractivity contribution in [3.63, 3.8) is 0 Å². The lowest BCUT2D eigenvalue weighted by molar-refractivity contribution is 0.879. The number of nitrogens with zero attached hydrogens (tertiary/aromatic N) is 3. The van der Waals surface area contributed by atoms with Crippen molar-refractivity contribution in [2.24, 2.45) is 0 Å². The largest absolute Gasteiger partial charge is 0.380 e. The molecule has 6 heteroatoms. The van der Waals surface area contributed by atoms with Gasteiger partial charge in [0.05, 0.1) is 9.47 Å². The number of hydrogen-bond donors (Lipinski definition) is 1. The summed E-state index contributed by atoms with van der Waals surface area (Å²) in [6.07, 6.45) is 3.21. The van der Waals surface area contributed by atoms with Crippen LogP contribution in [-0.2, 0) is 6.54 Å². The summed E-state index contributed by atoms with van der Waals surface area (Å²) in [7, 11) is 0. The lowest BCUT2D eigenvalue weighted by Gasteiger charge is -2.06. The highest BCUT2D eigenvalue weighted by molar-refractivity contribution is 9.11. The fraction of sp³-hybridized carbons (Fsp3) is 0.0769. The Bertz CT molecular complexity index is 646. The first-order valence-electron chi connectivity index (χ1n) is 5.74. The Kier molecular flexibility index (Phi) is 3.61. The zero-order valence-electron chi connectivity index (χ0n) is 9.95. The minimum Gasteiger partial charge on any atom is -0.380 e. The average molecular weight is 335 g/mol. The average Bonchev–Trinajstić information content (AvgIpc) is 3.08. The van der Waals surface area contributed by atoms with Crippen molar-refractivity contribution in [3.05, 3.63) is 57.7 Å². The molecule has 96 valence electrons. The lowest BCUT2D eigenvalue weighted by atomic mass is 10.3. The van der Waals surface area contributed by atoms with Crippen LogP contribution in [0.1, 0.15) is 4.88 Å². The van der Waals surface area contributed by atoms with E-state index >= 15 is 0 Å². The fourth-order valence-corrected chi connectivity index (χ4v) is 3.13. The monoisotopic (exact) mass is 334 g/mol. The summed E-state index contributed by atoms with van der Waals surface area (Å²) in [6.45, 7) is 0.832. The second kappa shape index (κ2) is 5.54. The van der Waals surface area contributed by atoms with E-state index in [2.05, 4.69) is 43.5 Å². The van der Waals surface area contributed by atoms with Gasteiger partial charge in [-0.3, -0.25) is 0 Å². The van der Waals surface area contributed by atoms with Gasteiger partial charge >= 0.3 is 0 Å². The molecule has 1 N–H and O–H groups in total. The van der Waals surface area contributed by atoms with Crippen molar-refractivity contribution in [1.29, 1.82) is 0 Å². The predicted octanol–water partition coefficient (Wildman–Crippen LogP) is 3.70. The Hall–Kier alpha value is -1.66. The van der Waals surface area contributed by atoms with E-state index < -0.39 is 0 Å². The molecule has 0 saturated heterocycles. The van der Waals surface area contributed by atoms with E-state index in [1.165, 1.54) is 11.2 Å². The molecule has 0 atom stereocenters. The minimum atomic E-state index is 0.832. The molecule has 0 amide bonds. The first-order valence-corrected chi connectivity index (χ1v) is 7.35. The zero-order valence-corrected chi connectivity index (χ0v) is 12.4. The maximum atomic E-state index is 4.09. The fourth-order valence-electron chi connectivity index (χ4n) is 1.71. The van der Waals surface area contributed by atoms with E-state index in [0.717, 1.165) is 21.7 Å². The van der Waals surface area contributed by atoms with E-state index in [1.807, 2.05) is 24.3 Å². The third-order valence-corrected chi connectivity index (χ3v) is 4.27. The van der Waals surface area contributed by atoms with Crippen molar-refractivity contribution in [3.8, 4) is 5.69 Å². The summed E-state index contributed by atoms with van der Waals surface area (Å²) in [5, 5.41) is 7.49. The van der Waals surface area contributed by atoms with Crippen LogP contribution in [0, 0.1) is 0 Å². The van der Waals surface area contributed by atoms with Gasteiger partial charge < -0.3 is 5.32 Å². The van der Waals surface area contributed by atoms with Crippen molar-refractivity contribution in [2.75, 3.05) is 5.32 Å². The number of aromatic nitrogens is 3. The normalized spacial score (nSPS) is 10.6. The second-order valence-electron chi connectivity index (χ2n) is 3.95. The Morgan fingerprint density at radius 3 is 2.63 bits per heavy atom. The highest BCUT2D eigenvalue weighted by atomic mass is 79.9. The molecule has 19 heavy (non-hydrogen) atoms. The lowest BCUT2D eigenvalue weighted by Crippen LogP contribution is -1.98. The van der Waals surface area contributed by atoms with Gasteiger partial charge in [-0.2, -0.15) is 5.10 Å². The van der Waals surface area contributed by atoms with Gasteiger partial charge in [-0.25, -0.2) is 9.67 Å². The molecular weight excluding hydrogens is 324 g/mol. The van der Waals surface area contributed by atoms with E-state index in [-0.39, 0.29) is 0 Å². The summed E-state index contributed by atoms with van der Waals surface area (Å²) in [5.41, 5.74) is 2.09. The van der Waals surface area contributed by atoms with Crippen LogP contribution in [-0.4, -0.2) is 14.8 Å². The molecule has 0 fully saturated rings. The summed E-state index contributed by atoms with van der Waals surface area (Å²) in [5.74, 6) is 0. The standard InChI is InChI=1S/C13H11BrN4S/c14-13-6-5-12(19-13)7-16-10-1-3-11(4-2-10)18-9-15-8-17-18/h1-6,8-9,16H,7H2. The summed E-state index contributed by atoms with van der Waals surface area (Å²) < 4.78 is 2.89. The van der Waals surface area contributed by atoms with Crippen LogP contribution in [0.4, 0.5) is 5.69 Å². The van der Waals surface area contributed by atoms with Crippen LogP contribution < -0.4 is 5.32 Å². The smallest absolute Gasteiger partial charge is 0.138 e. The number of rotatable bonds is 4. The molecule has 4 nitrogen and oxygen atoms in total. The van der Waals surface area contributed by atoms with Gasteiger partial charge in [-0.1, -0.05) is 0 Å². The first-order chi connectivity index (χ1) is 9.31. The topological polar surface area (TPSA) is 42.7 Å². The van der Waals surface area contributed by atoms with Crippen molar-refractivity contribution >= 4 is 33.0 Å². The third kappa shape index (κ3) is 3.02. The predicted molar refractivity (Wildman–Crippen MR) is 80.7 cm³/mol. The molecule has 0 aliphatic heterocycles. The van der Waals surface area contributed by atoms with Gasteiger partial charge in [-0.05, 0) is 52.3 Å². The van der Waals surface area contributed by atoms with Gasteiger partial charge in [0.2, 0.25) is 0 Å². The number of nitrogens with one attached hydrogen (secondary N) is 1. The van der Waals surface area contributed by atoms with Crippen LogP contribution in [0.25, 0.3) is 5.69 Å². The summed E-state index contributed by atoms with van der Waals surface area (Å²) in [6, 6.07) is 12.3. The molecule has 0 bridgehead atoms. The molecule has 0 saturated carbocycles. The molecule has 0 aliphatic rings. The van der Waals surface area contributed by atoms with E-state index in [0.29, 0.717) is 0 Å². The van der Waals surface area contributed by atoms with Crippen LogP contribution in [0.5, 0.6) is 0 Å². The summed E-state index contributed by atoms with van der Waals surface area (Å²) >= 11 is 5.21. The molecule has 3 rings (SSSR count). The van der Waals surface area contributed by atoms with Gasteiger partial charge in [0.15, 0.2) is 0 Å². The second-order valence-corrected chi connectivity index (χ2v) is 6.49. The van der Waals surface area contributed by atoms with Crippen LogP contribution in [0.15, 0.2) is 52.8 Å². The van der Waals surface area contributed by atoms with Crippen molar-refractivity contribution < 1.29 is 0 Å². The van der Waals surface area contributed by atoms with E-state index in [4.69, 9.17) is 0 Å². The van der Waals surface area contributed by atoms with Crippen molar-refractivity contribution in [2.45, 2.75) is 6.54 Å². The van der Waals surface area contributed by atoms with Crippen LogP contribution in [0.3, 0.4) is 0 Å². The number of benzene rings is 1. The van der Waals surface area contributed by atoms with Crippen LogP contribution in [0.2, 0.25) is 0 Å². The first kappa shape index (κ1) is 12.4. The van der Waals surface area contributed by atoms with Gasteiger partial charge in [0, 0.05) is 17.1 Å². The molecule has 1 aromatic carbocycles. The molecule has 2 heterocycles. The maximum Gasteiger partial charge on any atom is 0.138 e. The Morgan fingerprint density at radius 2 is 2.00 bits per heavy atom. The SMILES string of the molecule is Brc1ccc(CNc2ccc(-n3cncn3)cc2)s1. The number of hydrogen-bond acceptors (Lipinski definition) is 4. The highest BCUT2D eigenvalue weighted by Crippen LogP contribution is 2.23. The van der Waals surface area contributed by atoms with Gasteiger partial charge in [0.1, 0.15) is 12.7 Å². The van der Waals surface area contributed by atoms with Crippen LogP contribution >= 0.6 is 27.3 Å². The van der Waals surface area contributed by atoms with Crippen molar-refractivity contribution in [1.82, 2.24) is 14.8 Å². The van der Waals surface area contributed by atoms with E-state index in [9.17, 15) is 0 Å². The van der Waals surface area contributed by atoms with Gasteiger partial charge in [-0.15, -0.1) is 11.3 Å². The molecule has 3 aromatic rings. The van der Waals surface area contributed by atoms with Gasteiger partial charge in [0.25, 0.3) is 0 Å². The number of halogens is 1. The quantitative estimate of drug-likeness (QED) is 0.790. The maximum absolute atomic E-state index is 4.09. The third-order valence-electron chi connectivity index (χ3n) is 2.65. The molecule has 0 radical (unpaired) electrons. The minimum absolute atomic E-state index is 0.832. The molecule has 2 aromatic heterocycles. The summed E-state index contributed by atoms with van der Waals surface area (Å²) in [4.78, 5) is 5.23.